The van der Waals surface area contributed by atoms with E-state index >= 15 is 0 Å². The molecule has 0 bridgehead atoms. The number of hydrogen-bond acceptors (Lipinski definition) is 6. The topological polar surface area (TPSA) is 113 Å². The molecule has 3 N–H and O–H groups in total. The first-order valence-corrected chi connectivity index (χ1v) is 13.6. The summed E-state index contributed by atoms with van der Waals surface area (Å²) in [7, 11) is -3.25. The van der Waals surface area contributed by atoms with Gasteiger partial charge in [0, 0.05) is 35.0 Å². The second kappa shape index (κ2) is 8.54. The van der Waals surface area contributed by atoms with Gasteiger partial charge in [-0.05, 0) is 62.8 Å². The summed E-state index contributed by atoms with van der Waals surface area (Å²) in [6, 6.07) is 13.3. The summed E-state index contributed by atoms with van der Waals surface area (Å²) in [5, 5.41) is 3.69. The van der Waals surface area contributed by atoms with Gasteiger partial charge in [-0.2, -0.15) is 0 Å². The van der Waals surface area contributed by atoms with Crippen molar-refractivity contribution in [3.8, 4) is 17.0 Å². The van der Waals surface area contributed by atoms with Crippen molar-refractivity contribution in [3.05, 3.63) is 42.5 Å². The van der Waals surface area contributed by atoms with Crippen LogP contribution in [0.15, 0.2) is 42.5 Å². The summed E-state index contributed by atoms with van der Waals surface area (Å²) in [6.45, 7) is 1.93. The summed E-state index contributed by atoms with van der Waals surface area (Å²) in [4.78, 5) is 12.2. The maximum absolute atomic E-state index is 12.2. The smallest absolute Gasteiger partial charge is 0.411 e. The number of rotatable bonds is 8. The molecule has 1 amide bonds. The molecule has 1 atom stereocenters. The zero-order valence-corrected chi connectivity index (χ0v) is 20.1. The molecular formula is C25H29N3O5S. The van der Waals surface area contributed by atoms with Crippen molar-refractivity contribution in [3.63, 3.8) is 0 Å². The van der Waals surface area contributed by atoms with Crippen LogP contribution >= 0.6 is 0 Å². The summed E-state index contributed by atoms with van der Waals surface area (Å²) in [6.07, 6.45) is 4.96. The Morgan fingerprint density at radius 1 is 1.15 bits per heavy atom. The number of sulfone groups is 1. The highest BCUT2D eigenvalue weighted by molar-refractivity contribution is 7.90. The number of carbonyl (C=O) groups excluding carboxylic acids is 1. The molecular weight excluding hydrogens is 454 g/mol. The van der Waals surface area contributed by atoms with Crippen LogP contribution < -0.4 is 15.8 Å². The minimum atomic E-state index is -3.25. The van der Waals surface area contributed by atoms with E-state index in [2.05, 4.69) is 9.88 Å². The number of hydrogen-bond donors (Lipinski definition) is 2. The number of nitrogen functional groups attached to an aromatic ring is 1. The van der Waals surface area contributed by atoms with Crippen LogP contribution in [0.2, 0.25) is 0 Å². The Kier molecular flexibility index (Phi) is 5.67. The maximum atomic E-state index is 12.2. The number of nitrogens with zero attached hydrogens (tertiary/aromatic N) is 1. The molecule has 9 heteroatoms. The Morgan fingerprint density at radius 3 is 2.47 bits per heavy atom. The average molecular weight is 484 g/mol. The predicted molar refractivity (Wildman–Crippen MR) is 133 cm³/mol. The monoisotopic (exact) mass is 483 g/mol. The number of carbonyl (C=O) groups is 1. The lowest BCUT2D eigenvalue weighted by Crippen LogP contribution is -2.21. The number of ether oxygens (including phenoxy) is 2. The molecule has 3 aromatic rings. The SMILES string of the molecule is C[C@@H](OC(=O)Nc1ccc(-c2c(N)c3ccc(OCS(C)(=O)=O)cc3n2C2CC2)cc1)C1CC1. The first kappa shape index (κ1) is 22.6. The fraction of sp³-hybridized carbons (Fsp3) is 0.400. The molecule has 0 radical (unpaired) electrons. The average Bonchev–Trinajstić information content (AvgIpc) is 3.69. The van der Waals surface area contributed by atoms with Crippen molar-refractivity contribution in [2.45, 2.75) is 44.8 Å². The van der Waals surface area contributed by atoms with Crippen LogP contribution in [0, 0.1) is 5.92 Å². The van der Waals surface area contributed by atoms with E-state index in [0.717, 1.165) is 54.1 Å². The third kappa shape index (κ3) is 4.84. The quantitative estimate of drug-likeness (QED) is 0.469. The lowest BCUT2D eigenvalue weighted by molar-refractivity contribution is 0.108. The van der Waals surface area contributed by atoms with Crippen LogP contribution in [0.25, 0.3) is 22.2 Å². The zero-order valence-electron chi connectivity index (χ0n) is 19.3. The lowest BCUT2D eigenvalue weighted by Gasteiger charge is -2.14. The summed E-state index contributed by atoms with van der Waals surface area (Å²) in [5.41, 5.74) is 10.7. The standard InChI is InChI=1S/C25H29N3O5S/c1-15(16-3-4-16)33-25(29)27-18-7-5-17(6-8-18)24-23(26)21-12-11-20(32-14-34(2,30)31)13-22(21)28(24)19-9-10-19/h5-8,11-13,15-16,19H,3-4,9-10,14,26H2,1-2H3,(H,27,29)/t15-/m1/s1. The molecule has 34 heavy (non-hydrogen) atoms. The highest BCUT2D eigenvalue weighted by Gasteiger charge is 2.31. The van der Waals surface area contributed by atoms with Crippen molar-refractivity contribution < 1.29 is 22.7 Å². The van der Waals surface area contributed by atoms with Crippen molar-refractivity contribution in [2.24, 2.45) is 5.92 Å². The van der Waals surface area contributed by atoms with Gasteiger partial charge < -0.3 is 19.8 Å². The van der Waals surface area contributed by atoms with Gasteiger partial charge >= 0.3 is 6.09 Å². The van der Waals surface area contributed by atoms with Gasteiger partial charge in [0.2, 0.25) is 0 Å². The van der Waals surface area contributed by atoms with Gasteiger partial charge in [0.15, 0.2) is 15.8 Å². The molecule has 1 aromatic heterocycles. The van der Waals surface area contributed by atoms with E-state index < -0.39 is 15.9 Å². The van der Waals surface area contributed by atoms with E-state index in [1.54, 1.807) is 6.07 Å². The van der Waals surface area contributed by atoms with Crippen LogP contribution in [0.4, 0.5) is 16.2 Å². The zero-order chi connectivity index (χ0) is 24.0. The normalized spacial score (nSPS) is 16.9. The second-order valence-electron chi connectivity index (χ2n) is 9.38. The number of aromatic nitrogens is 1. The number of nitrogens with one attached hydrogen (secondary N) is 1. The molecule has 2 aliphatic rings. The second-order valence-corrected chi connectivity index (χ2v) is 11.5. The van der Waals surface area contributed by atoms with Gasteiger partial charge in [-0.15, -0.1) is 0 Å². The number of amides is 1. The molecule has 2 aliphatic carbocycles. The number of fused-ring (bicyclic) bond motifs is 1. The van der Waals surface area contributed by atoms with Gasteiger partial charge in [-0.25, -0.2) is 13.2 Å². The molecule has 0 spiro atoms. The summed E-state index contributed by atoms with van der Waals surface area (Å²) in [5.74, 6) is 0.599. The van der Waals surface area contributed by atoms with E-state index in [4.69, 9.17) is 15.2 Å². The van der Waals surface area contributed by atoms with Crippen LogP contribution in [0.3, 0.4) is 0 Å². The molecule has 2 aromatic carbocycles. The van der Waals surface area contributed by atoms with Crippen molar-refractivity contribution in [1.29, 1.82) is 0 Å². The summed E-state index contributed by atoms with van der Waals surface area (Å²) < 4.78 is 36.1. The molecule has 5 rings (SSSR count). The maximum Gasteiger partial charge on any atom is 0.411 e. The molecule has 8 nitrogen and oxygen atoms in total. The lowest BCUT2D eigenvalue weighted by atomic mass is 10.1. The molecule has 0 saturated heterocycles. The Bertz CT molecular complexity index is 1340. The molecule has 1 heterocycles. The van der Waals surface area contributed by atoms with E-state index in [1.807, 2.05) is 43.3 Å². The highest BCUT2D eigenvalue weighted by Crippen LogP contribution is 2.46. The van der Waals surface area contributed by atoms with Gasteiger partial charge in [-0.1, -0.05) is 12.1 Å². The Balaban J connectivity index is 1.41. The Hall–Kier alpha value is -3.20. The first-order chi connectivity index (χ1) is 16.2. The Labute approximate surface area is 198 Å². The third-order valence-corrected chi connectivity index (χ3v) is 6.90. The largest absolute Gasteiger partial charge is 0.478 e. The van der Waals surface area contributed by atoms with Crippen LogP contribution in [-0.2, 0) is 14.6 Å². The van der Waals surface area contributed by atoms with Crippen LogP contribution in [0.5, 0.6) is 5.75 Å². The van der Waals surface area contributed by atoms with Gasteiger partial charge in [0.1, 0.15) is 11.9 Å². The number of nitrogens with two attached hydrogens (primary N) is 1. The number of anilines is 2. The molecule has 0 unspecified atom stereocenters. The Morgan fingerprint density at radius 2 is 1.85 bits per heavy atom. The van der Waals surface area contributed by atoms with Gasteiger partial charge in [0.25, 0.3) is 0 Å². The predicted octanol–water partition coefficient (Wildman–Crippen LogP) is 4.95. The fourth-order valence-corrected chi connectivity index (χ4v) is 4.63. The van der Waals surface area contributed by atoms with E-state index in [9.17, 15) is 13.2 Å². The van der Waals surface area contributed by atoms with E-state index in [0.29, 0.717) is 29.1 Å². The third-order valence-electron chi connectivity index (χ3n) is 6.35. The molecule has 2 saturated carbocycles. The molecule has 2 fully saturated rings. The summed E-state index contributed by atoms with van der Waals surface area (Å²) >= 11 is 0. The minimum absolute atomic E-state index is 0.0698. The molecule has 0 aliphatic heterocycles. The molecule has 180 valence electrons. The fourth-order valence-electron chi connectivity index (χ4n) is 4.28. The minimum Gasteiger partial charge on any atom is -0.478 e. The van der Waals surface area contributed by atoms with E-state index in [1.165, 1.54) is 0 Å². The van der Waals surface area contributed by atoms with Crippen LogP contribution in [0.1, 0.15) is 38.6 Å². The van der Waals surface area contributed by atoms with Crippen molar-refractivity contribution in [2.75, 3.05) is 23.2 Å². The number of benzene rings is 2. The van der Waals surface area contributed by atoms with E-state index in [-0.39, 0.29) is 12.0 Å². The van der Waals surface area contributed by atoms with Crippen molar-refractivity contribution in [1.82, 2.24) is 4.57 Å². The van der Waals surface area contributed by atoms with Crippen LogP contribution in [-0.4, -0.2) is 37.4 Å². The highest BCUT2D eigenvalue weighted by atomic mass is 32.2. The first-order valence-electron chi connectivity index (χ1n) is 11.5. The van der Waals surface area contributed by atoms with Gasteiger partial charge in [0.05, 0.1) is 16.9 Å². The van der Waals surface area contributed by atoms with Gasteiger partial charge in [-0.3, -0.25) is 5.32 Å². The van der Waals surface area contributed by atoms with Crippen molar-refractivity contribution >= 4 is 38.2 Å².